The van der Waals surface area contributed by atoms with E-state index in [-0.39, 0.29) is 6.47 Å². The zero-order valence-corrected chi connectivity index (χ0v) is 19.1. The van der Waals surface area contributed by atoms with Gasteiger partial charge in [0.2, 0.25) is 0 Å². The summed E-state index contributed by atoms with van der Waals surface area (Å²) in [6.45, 7) is 10.0. The molecule has 2 fully saturated rings. The van der Waals surface area contributed by atoms with Gasteiger partial charge < -0.3 is 24.0 Å². The van der Waals surface area contributed by atoms with E-state index in [1.807, 2.05) is 13.8 Å². The molecule has 3 heterocycles. The molecule has 0 bridgehead atoms. The van der Waals surface area contributed by atoms with Gasteiger partial charge in [-0.15, -0.1) is 0 Å². The van der Waals surface area contributed by atoms with Crippen LogP contribution in [0.25, 0.3) is 10.9 Å². The van der Waals surface area contributed by atoms with Gasteiger partial charge in [0.25, 0.3) is 6.47 Å². The van der Waals surface area contributed by atoms with Crippen molar-refractivity contribution in [3.63, 3.8) is 0 Å². The third-order valence-electron chi connectivity index (χ3n) is 5.87. The van der Waals surface area contributed by atoms with Crippen molar-refractivity contribution in [2.45, 2.75) is 38.8 Å². The van der Waals surface area contributed by atoms with Crippen LogP contribution in [0.4, 0.5) is 0 Å². The van der Waals surface area contributed by atoms with E-state index in [2.05, 4.69) is 52.9 Å². The van der Waals surface area contributed by atoms with Crippen molar-refractivity contribution in [1.29, 1.82) is 0 Å². The lowest BCUT2D eigenvalue weighted by atomic mass is 9.83. The first-order chi connectivity index (χ1) is 14.5. The molecule has 1 aromatic heterocycles. The van der Waals surface area contributed by atoms with Crippen molar-refractivity contribution in [1.82, 2.24) is 14.4 Å². The summed E-state index contributed by atoms with van der Waals surface area (Å²) in [6.07, 6.45) is 4.70. The number of hydrogen-bond acceptors (Lipinski definition) is 5. The Hall–Kier alpha value is -2.09. The van der Waals surface area contributed by atoms with Crippen LogP contribution in [-0.4, -0.2) is 85.5 Å². The van der Waals surface area contributed by atoms with Crippen molar-refractivity contribution >= 4 is 17.4 Å². The van der Waals surface area contributed by atoms with Crippen LogP contribution in [0.2, 0.25) is 0 Å². The van der Waals surface area contributed by atoms with Gasteiger partial charge in [-0.3, -0.25) is 9.69 Å². The van der Waals surface area contributed by atoms with Crippen LogP contribution in [0.1, 0.15) is 25.8 Å². The molecule has 2 saturated heterocycles. The Balaban J connectivity index is 0.000000590. The van der Waals surface area contributed by atoms with Gasteiger partial charge in [0, 0.05) is 43.3 Å². The van der Waals surface area contributed by atoms with Crippen molar-refractivity contribution in [3.8, 4) is 5.75 Å². The maximum Gasteiger partial charge on any atom is 0.290 e. The molecule has 2 aliphatic heterocycles. The fraction of sp³-hybridized carbons (Fsp3) is 0.609. The molecule has 0 unspecified atom stereocenters. The second kappa shape index (κ2) is 11.3. The van der Waals surface area contributed by atoms with Crippen LogP contribution in [0.15, 0.2) is 24.4 Å². The molecule has 0 aliphatic carbocycles. The van der Waals surface area contributed by atoms with Gasteiger partial charge in [-0.25, -0.2) is 0 Å². The molecule has 2 aliphatic rings. The minimum absolute atomic E-state index is 0.250. The average molecular weight is 420 g/mol. The summed E-state index contributed by atoms with van der Waals surface area (Å²) < 4.78 is 13.3. The highest BCUT2D eigenvalue weighted by Crippen LogP contribution is 2.37. The number of rotatable bonds is 7. The summed E-state index contributed by atoms with van der Waals surface area (Å²) in [5.74, 6) is 0.935. The van der Waals surface area contributed by atoms with Crippen LogP contribution in [0.5, 0.6) is 5.75 Å². The molecule has 0 radical (unpaired) electrons. The summed E-state index contributed by atoms with van der Waals surface area (Å²) in [5, 5.41) is 8.21. The van der Waals surface area contributed by atoms with E-state index < -0.39 is 0 Å². The highest BCUT2D eigenvalue weighted by atomic mass is 16.5. The lowest BCUT2D eigenvalue weighted by molar-refractivity contribution is -0.192. The molecule has 168 valence electrons. The maximum atomic E-state index is 8.36. The Kier molecular flexibility index (Phi) is 9.14. The number of nitrogens with zero attached hydrogens (tertiary/aromatic N) is 3. The summed E-state index contributed by atoms with van der Waals surface area (Å²) >= 11 is 0. The molecule has 1 spiro atoms. The Morgan fingerprint density at radius 2 is 1.97 bits per heavy atom. The Morgan fingerprint density at radius 1 is 1.27 bits per heavy atom. The van der Waals surface area contributed by atoms with Gasteiger partial charge in [0.05, 0.1) is 25.9 Å². The van der Waals surface area contributed by atoms with Crippen LogP contribution in [0.3, 0.4) is 0 Å². The van der Waals surface area contributed by atoms with Gasteiger partial charge in [0.1, 0.15) is 5.75 Å². The third-order valence-corrected chi connectivity index (χ3v) is 5.87. The third kappa shape index (κ3) is 5.33. The number of fused-ring (bicyclic) bond motifs is 1. The van der Waals surface area contributed by atoms with Gasteiger partial charge in [-0.1, -0.05) is 13.8 Å². The number of aromatic nitrogens is 1. The van der Waals surface area contributed by atoms with Gasteiger partial charge in [0.15, 0.2) is 0 Å². The fourth-order valence-electron chi connectivity index (χ4n) is 4.03. The van der Waals surface area contributed by atoms with Gasteiger partial charge >= 0.3 is 0 Å². The Morgan fingerprint density at radius 3 is 2.47 bits per heavy atom. The second-order valence-electron chi connectivity index (χ2n) is 7.84. The van der Waals surface area contributed by atoms with E-state index in [1.54, 1.807) is 7.11 Å². The van der Waals surface area contributed by atoms with Crippen LogP contribution >= 0.6 is 0 Å². The number of benzene rings is 1. The number of ether oxygens (including phenoxy) is 2. The lowest BCUT2D eigenvalue weighted by Gasteiger charge is -2.57. The largest absolute Gasteiger partial charge is 0.497 e. The number of carboxylic acid groups (broad SMARTS) is 1. The predicted octanol–water partition coefficient (Wildman–Crippen LogP) is 2.96. The van der Waals surface area contributed by atoms with Crippen LogP contribution < -0.4 is 4.74 Å². The zero-order chi connectivity index (χ0) is 22.1. The van der Waals surface area contributed by atoms with E-state index in [4.69, 9.17) is 19.4 Å². The number of likely N-dealkylation sites (tertiary alicyclic amines) is 1. The minimum Gasteiger partial charge on any atom is -0.497 e. The number of hydrogen-bond donors (Lipinski definition) is 1. The lowest BCUT2D eigenvalue weighted by Crippen LogP contribution is -2.70. The average Bonchev–Trinajstić information content (AvgIpc) is 3.03. The monoisotopic (exact) mass is 419 g/mol. The summed E-state index contributed by atoms with van der Waals surface area (Å²) in [4.78, 5) is 13.2. The topological polar surface area (TPSA) is 67.2 Å². The number of methoxy groups -OCH3 is 1. The molecule has 0 saturated carbocycles. The number of likely N-dealkylation sites (N-methyl/N-ethyl adjacent to an activating group) is 1. The summed E-state index contributed by atoms with van der Waals surface area (Å²) in [6, 6.07) is 6.45. The van der Waals surface area contributed by atoms with Crippen LogP contribution in [0, 0.1) is 0 Å². The molecule has 0 amide bonds. The molecular weight excluding hydrogens is 382 g/mol. The molecule has 1 aromatic carbocycles. The molecule has 30 heavy (non-hydrogen) atoms. The van der Waals surface area contributed by atoms with Crippen molar-refractivity contribution in [2.24, 2.45) is 0 Å². The first-order valence-electron chi connectivity index (χ1n) is 10.7. The fourth-order valence-corrected chi connectivity index (χ4v) is 4.03. The molecule has 4 rings (SSSR count). The predicted molar refractivity (Wildman–Crippen MR) is 121 cm³/mol. The molecule has 7 nitrogen and oxygen atoms in total. The molecular formula is C23H37N3O4. The first kappa shape index (κ1) is 24.2. The quantitative estimate of drug-likeness (QED) is 0.696. The van der Waals surface area contributed by atoms with E-state index in [0.717, 1.165) is 45.0 Å². The van der Waals surface area contributed by atoms with E-state index in [0.29, 0.717) is 5.54 Å². The minimum atomic E-state index is -0.250. The van der Waals surface area contributed by atoms with E-state index in [9.17, 15) is 0 Å². The molecule has 2 aromatic rings. The SMILES string of the molecule is CC.COc1ccc2c(c1)c(CCN(C)C)cn2CCN1CCC12COC2.O=CO. The number of carbonyl (C=O) groups is 1. The zero-order valence-electron chi connectivity index (χ0n) is 19.1. The first-order valence-corrected chi connectivity index (χ1v) is 10.7. The standard InChI is InChI=1S/C20H29N3O2.C2H6.CH2O2/c1-21(2)8-6-16-13-22(19-5-4-17(24-3)12-18(16)19)10-11-23-9-7-20(23)14-25-15-20;1-2;2-1-3/h4-5,12-13H,6-11,14-15H2,1-3H3;1-2H3;1H,(H,2,3). The van der Waals surface area contributed by atoms with Crippen LogP contribution in [-0.2, 0) is 22.5 Å². The summed E-state index contributed by atoms with van der Waals surface area (Å²) in [5.41, 5.74) is 3.10. The second-order valence-corrected chi connectivity index (χ2v) is 7.84. The highest BCUT2D eigenvalue weighted by molar-refractivity contribution is 5.85. The maximum absolute atomic E-state index is 8.36. The molecule has 0 atom stereocenters. The molecule has 1 N–H and O–H groups in total. The Bertz CT molecular complexity index is 794. The smallest absolute Gasteiger partial charge is 0.290 e. The van der Waals surface area contributed by atoms with E-state index in [1.165, 1.54) is 29.4 Å². The highest BCUT2D eigenvalue weighted by Gasteiger charge is 2.50. The van der Waals surface area contributed by atoms with E-state index >= 15 is 0 Å². The normalized spacial score (nSPS) is 16.7. The van der Waals surface area contributed by atoms with Gasteiger partial charge in [-0.2, -0.15) is 0 Å². The van der Waals surface area contributed by atoms with Crippen molar-refractivity contribution in [2.75, 3.05) is 54.1 Å². The van der Waals surface area contributed by atoms with Gasteiger partial charge in [-0.05, 0) is 50.7 Å². The molecule has 7 heteroatoms. The van der Waals surface area contributed by atoms with Crippen molar-refractivity contribution in [3.05, 3.63) is 30.0 Å². The Labute approximate surface area is 180 Å². The van der Waals surface area contributed by atoms with Crippen molar-refractivity contribution < 1.29 is 19.4 Å². The summed E-state index contributed by atoms with van der Waals surface area (Å²) in [7, 11) is 6.00.